The zero-order valence-corrected chi connectivity index (χ0v) is 17.7. The predicted octanol–water partition coefficient (Wildman–Crippen LogP) is 2.67. The number of anilines is 1. The topological polar surface area (TPSA) is 75.9 Å². The molecule has 1 N–H and O–H groups in total. The average Bonchev–Trinajstić information content (AvgIpc) is 2.94. The maximum absolute atomic E-state index is 13.1. The molecule has 0 aliphatic carbocycles. The van der Waals surface area contributed by atoms with Crippen LogP contribution in [0.1, 0.15) is 24.5 Å². The molecule has 1 saturated heterocycles. The quantitative estimate of drug-likeness (QED) is 0.547. The third-order valence-corrected chi connectivity index (χ3v) is 5.59. The van der Waals surface area contributed by atoms with Crippen molar-refractivity contribution in [1.29, 1.82) is 0 Å². The van der Waals surface area contributed by atoms with Gasteiger partial charge in [0.15, 0.2) is 0 Å². The van der Waals surface area contributed by atoms with Gasteiger partial charge in [0.1, 0.15) is 15.8 Å². The molecular formula is C19H22N4O3S2. The van der Waals surface area contributed by atoms with Crippen LogP contribution >= 0.6 is 24.0 Å². The Morgan fingerprint density at radius 3 is 2.86 bits per heavy atom. The number of fused-ring (bicyclic) bond motifs is 1. The van der Waals surface area contributed by atoms with Crippen molar-refractivity contribution in [2.45, 2.75) is 20.3 Å². The van der Waals surface area contributed by atoms with Crippen LogP contribution in [0.25, 0.3) is 11.7 Å². The summed E-state index contributed by atoms with van der Waals surface area (Å²) >= 11 is 6.50. The van der Waals surface area contributed by atoms with Crippen molar-refractivity contribution >= 4 is 51.7 Å². The number of thiocarbonyl (C=S) groups is 1. The second-order valence-electron chi connectivity index (χ2n) is 6.37. The van der Waals surface area contributed by atoms with E-state index in [2.05, 4.69) is 10.3 Å². The average molecular weight is 419 g/mol. The van der Waals surface area contributed by atoms with Crippen LogP contribution in [0.15, 0.2) is 28.0 Å². The molecule has 3 heterocycles. The highest BCUT2D eigenvalue weighted by atomic mass is 32.2. The summed E-state index contributed by atoms with van der Waals surface area (Å²) < 4.78 is 7.00. The molecule has 2 aromatic heterocycles. The van der Waals surface area contributed by atoms with Gasteiger partial charge in [-0.05, 0) is 31.1 Å². The Labute approximate surface area is 172 Å². The van der Waals surface area contributed by atoms with Crippen LogP contribution in [0.5, 0.6) is 0 Å². The molecule has 148 valence electrons. The largest absolute Gasteiger partial charge is 0.383 e. The van der Waals surface area contributed by atoms with Crippen molar-refractivity contribution < 1.29 is 9.53 Å². The van der Waals surface area contributed by atoms with Crippen LogP contribution in [-0.2, 0) is 9.53 Å². The Morgan fingerprint density at radius 2 is 2.14 bits per heavy atom. The maximum Gasteiger partial charge on any atom is 0.267 e. The summed E-state index contributed by atoms with van der Waals surface area (Å²) in [5, 5.41) is 3.20. The van der Waals surface area contributed by atoms with E-state index in [1.807, 2.05) is 26.0 Å². The Hall–Kier alpha value is -2.23. The van der Waals surface area contributed by atoms with E-state index in [1.165, 1.54) is 21.1 Å². The van der Waals surface area contributed by atoms with Gasteiger partial charge in [-0.2, -0.15) is 0 Å². The smallest absolute Gasteiger partial charge is 0.267 e. The Kier molecular flexibility index (Phi) is 6.48. The number of aromatic nitrogens is 2. The van der Waals surface area contributed by atoms with Crippen molar-refractivity contribution in [3.05, 3.63) is 44.7 Å². The molecule has 9 heteroatoms. The summed E-state index contributed by atoms with van der Waals surface area (Å²) in [6.07, 6.45) is 4.22. The summed E-state index contributed by atoms with van der Waals surface area (Å²) in [6.45, 7) is 5.39. The Balaban J connectivity index is 2.09. The summed E-state index contributed by atoms with van der Waals surface area (Å²) in [5.74, 6) is 0.250. The third-order valence-electron chi connectivity index (χ3n) is 4.22. The number of aryl methyl sites for hydroxylation is 1. The van der Waals surface area contributed by atoms with Gasteiger partial charge in [-0.3, -0.25) is 18.9 Å². The van der Waals surface area contributed by atoms with E-state index in [-0.39, 0.29) is 11.5 Å². The number of nitrogens with zero attached hydrogens (tertiary/aromatic N) is 3. The molecule has 1 fully saturated rings. The highest BCUT2D eigenvalue weighted by molar-refractivity contribution is 8.26. The van der Waals surface area contributed by atoms with Crippen LogP contribution in [0.3, 0.4) is 0 Å². The molecule has 1 aliphatic heterocycles. The number of amides is 1. The van der Waals surface area contributed by atoms with E-state index in [4.69, 9.17) is 17.0 Å². The lowest BCUT2D eigenvalue weighted by molar-refractivity contribution is -0.122. The molecule has 3 rings (SSSR count). The number of hydrogen-bond donors (Lipinski definition) is 1. The van der Waals surface area contributed by atoms with Gasteiger partial charge >= 0.3 is 0 Å². The first kappa shape index (κ1) is 20.5. The van der Waals surface area contributed by atoms with Crippen molar-refractivity contribution in [2.75, 3.05) is 32.1 Å². The third kappa shape index (κ3) is 4.11. The zero-order chi connectivity index (χ0) is 20.3. The SMILES string of the molecule is CCCNc1nc2ccc(C)cn2c(=O)c1C=C1SC(=S)N(CCOC)C1=O. The van der Waals surface area contributed by atoms with Gasteiger partial charge < -0.3 is 10.1 Å². The predicted molar refractivity (Wildman–Crippen MR) is 117 cm³/mol. The lowest BCUT2D eigenvalue weighted by atomic mass is 10.2. The van der Waals surface area contributed by atoms with E-state index >= 15 is 0 Å². The highest BCUT2D eigenvalue weighted by Crippen LogP contribution is 2.32. The van der Waals surface area contributed by atoms with Crippen LogP contribution in [0, 0.1) is 6.92 Å². The first-order chi connectivity index (χ1) is 13.5. The molecule has 2 aromatic rings. The Bertz CT molecular complexity index is 1020. The Morgan fingerprint density at radius 1 is 1.36 bits per heavy atom. The van der Waals surface area contributed by atoms with E-state index < -0.39 is 0 Å². The second-order valence-corrected chi connectivity index (χ2v) is 8.04. The first-order valence-corrected chi connectivity index (χ1v) is 10.2. The molecule has 1 aliphatic rings. The van der Waals surface area contributed by atoms with Gasteiger partial charge in [-0.25, -0.2) is 4.98 Å². The van der Waals surface area contributed by atoms with Gasteiger partial charge in [0.25, 0.3) is 11.5 Å². The summed E-state index contributed by atoms with van der Waals surface area (Å²) in [7, 11) is 1.57. The van der Waals surface area contributed by atoms with Crippen LogP contribution < -0.4 is 10.9 Å². The van der Waals surface area contributed by atoms with Gasteiger partial charge in [0.2, 0.25) is 0 Å². The number of rotatable bonds is 7. The molecule has 0 saturated carbocycles. The molecule has 0 bridgehead atoms. The lowest BCUT2D eigenvalue weighted by Gasteiger charge is -2.13. The summed E-state index contributed by atoms with van der Waals surface area (Å²) in [6, 6.07) is 3.72. The van der Waals surface area contributed by atoms with Crippen molar-refractivity contribution in [1.82, 2.24) is 14.3 Å². The van der Waals surface area contributed by atoms with E-state index in [1.54, 1.807) is 19.4 Å². The normalized spacial score (nSPS) is 15.8. The van der Waals surface area contributed by atoms with Crippen LogP contribution in [0.2, 0.25) is 0 Å². The minimum atomic E-state index is -0.227. The molecule has 0 radical (unpaired) electrons. The minimum Gasteiger partial charge on any atom is -0.383 e. The first-order valence-electron chi connectivity index (χ1n) is 8.97. The highest BCUT2D eigenvalue weighted by Gasteiger charge is 2.32. The summed E-state index contributed by atoms with van der Waals surface area (Å²) in [5.41, 5.74) is 1.62. The van der Waals surface area contributed by atoms with E-state index in [9.17, 15) is 9.59 Å². The van der Waals surface area contributed by atoms with Crippen LogP contribution in [0.4, 0.5) is 5.82 Å². The number of thioether (sulfide) groups is 1. The standard InChI is InChI=1S/C19H22N4O3S2/c1-4-7-20-16-13(17(24)23-11-12(2)5-6-15(23)21-16)10-14-18(25)22(8-9-26-3)19(27)28-14/h5-6,10-11,20H,4,7-9H2,1-3H3. The fourth-order valence-electron chi connectivity index (χ4n) is 2.77. The van der Waals surface area contributed by atoms with E-state index in [0.717, 1.165) is 12.0 Å². The van der Waals surface area contributed by atoms with Crippen LogP contribution in [-0.4, -0.2) is 51.3 Å². The zero-order valence-electron chi connectivity index (χ0n) is 16.0. The van der Waals surface area contributed by atoms with Gasteiger partial charge in [-0.15, -0.1) is 0 Å². The number of hydrogen-bond acceptors (Lipinski definition) is 7. The van der Waals surface area contributed by atoms with Crippen molar-refractivity contribution in [3.63, 3.8) is 0 Å². The molecule has 0 unspecified atom stereocenters. The van der Waals surface area contributed by atoms with Gasteiger partial charge in [0.05, 0.1) is 23.6 Å². The van der Waals surface area contributed by atoms with Crippen molar-refractivity contribution in [3.8, 4) is 0 Å². The number of carbonyl (C=O) groups is 1. The molecular weight excluding hydrogens is 396 g/mol. The molecule has 7 nitrogen and oxygen atoms in total. The molecule has 28 heavy (non-hydrogen) atoms. The fraction of sp³-hybridized carbons (Fsp3) is 0.368. The molecule has 0 spiro atoms. The maximum atomic E-state index is 13.1. The monoisotopic (exact) mass is 418 g/mol. The summed E-state index contributed by atoms with van der Waals surface area (Å²) in [4.78, 5) is 32.4. The van der Waals surface area contributed by atoms with E-state index in [0.29, 0.717) is 46.0 Å². The molecule has 0 aromatic carbocycles. The lowest BCUT2D eigenvalue weighted by Crippen LogP contribution is -2.31. The molecule has 1 amide bonds. The van der Waals surface area contributed by atoms with Crippen molar-refractivity contribution in [2.24, 2.45) is 0 Å². The minimum absolute atomic E-state index is 0.220. The van der Waals surface area contributed by atoms with Gasteiger partial charge in [-0.1, -0.05) is 37.0 Å². The number of carbonyl (C=O) groups excluding carboxylic acids is 1. The number of methoxy groups -OCH3 is 1. The molecule has 0 atom stereocenters. The number of nitrogens with one attached hydrogen (secondary N) is 1. The second kappa shape index (κ2) is 8.85. The number of ether oxygens (including phenoxy) is 1. The number of pyridine rings is 1. The van der Waals surface area contributed by atoms with Gasteiger partial charge in [0, 0.05) is 19.9 Å². The fourth-order valence-corrected chi connectivity index (χ4v) is 4.06.